The molecule has 0 spiro atoms. The number of furan rings is 1. The smallest absolute Gasteiger partial charge is 0.348 e. The van der Waals surface area contributed by atoms with E-state index in [4.69, 9.17) is 32.5 Å². The standard InChI is InChI=1S/C25H26O8/c1-15-3-4-16(2)23-21(15)24-22(25(26)33-23)17-13-19-20(14-18(17)32-24)31-12-10-29-8-6-27-5-7-28-9-11-30-19/h3-4,13-14H,5-12H2,1-2H3. The van der Waals surface area contributed by atoms with E-state index in [9.17, 15) is 4.79 Å². The molecule has 5 rings (SSSR count). The van der Waals surface area contributed by atoms with Crippen molar-refractivity contribution in [2.45, 2.75) is 13.8 Å². The highest BCUT2D eigenvalue weighted by Crippen LogP contribution is 2.39. The predicted molar refractivity (Wildman–Crippen MR) is 123 cm³/mol. The second-order valence-corrected chi connectivity index (χ2v) is 7.93. The summed E-state index contributed by atoms with van der Waals surface area (Å²) in [6, 6.07) is 7.45. The van der Waals surface area contributed by atoms with E-state index in [1.807, 2.05) is 26.0 Å². The van der Waals surface area contributed by atoms with Crippen molar-refractivity contribution < 1.29 is 32.5 Å². The summed E-state index contributed by atoms with van der Waals surface area (Å²) in [5, 5.41) is 1.81. The Morgan fingerprint density at radius 3 is 1.88 bits per heavy atom. The molecule has 1 aliphatic rings. The molecule has 4 aromatic rings. The van der Waals surface area contributed by atoms with E-state index in [0.717, 1.165) is 16.5 Å². The lowest BCUT2D eigenvalue weighted by molar-refractivity contribution is 0.00708. The number of ether oxygens (including phenoxy) is 5. The van der Waals surface area contributed by atoms with Crippen LogP contribution in [-0.4, -0.2) is 52.9 Å². The Hall–Kier alpha value is -3.07. The van der Waals surface area contributed by atoms with Crippen molar-refractivity contribution in [3.8, 4) is 11.5 Å². The Kier molecular flexibility index (Phi) is 6.22. The van der Waals surface area contributed by atoms with Crippen LogP contribution in [0.25, 0.3) is 32.9 Å². The van der Waals surface area contributed by atoms with Crippen molar-refractivity contribution in [2.24, 2.45) is 0 Å². The lowest BCUT2D eigenvalue weighted by Gasteiger charge is -2.13. The van der Waals surface area contributed by atoms with Gasteiger partial charge in [0.15, 0.2) is 17.1 Å². The lowest BCUT2D eigenvalue weighted by atomic mass is 10.0. The molecule has 0 N–H and O–H groups in total. The van der Waals surface area contributed by atoms with Gasteiger partial charge in [0.05, 0.1) is 45.0 Å². The quantitative estimate of drug-likeness (QED) is 0.367. The first-order valence-corrected chi connectivity index (χ1v) is 11.1. The summed E-state index contributed by atoms with van der Waals surface area (Å²) in [5.74, 6) is 1.01. The highest BCUT2D eigenvalue weighted by Gasteiger charge is 2.21. The van der Waals surface area contributed by atoms with E-state index in [1.54, 1.807) is 12.1 Å². The van der Waals surface area contributed by atoms with Crippen LogP contribution < -0.4 is 15.1 Å². The van der Waals surface area contributed by atoms with Crippen molar-refractivity contribution in [3.63, 3.8) is 0 Å². The van der Waals surface area contributed by atoms with Crippen LogP contribution >= 0.6 is 0 Å². The third kappa shape index (κ3) is 4.29. The second kappa shape index (κ2) is 9.43. The molecule has 0 radical (unpaired) electrons. The summed E-state index contributed by atoms with van der Waals surface area (Å²) in [4.78, 5) is 13.0. The molecule has 0 amide bonds. The van der Waals surface area contributed by atoms with E-state index in [0.29, 0.717) is 91.9 Å². The van der Waals surface area contributed by atoms with Crippen molar-refractivity contribution in [1.82, 2.24) is 0 Å². The molecular weight excluding hydrogens is 428 g/mol. The van der Waals surface area contributed by atoms with Gasteiger partial charge in [0.2, 0.25) is 0 Å². The van der Waals surface area contributed by atoms with Crippen LogP contribution in [0, 0.1) is 13.8 Å². The lowest BCUT2D eigenvalue weighted by Crippen LogP contribution is -2.13. The van der Waals surface area contributed by atoms with Gasteiger partial charge in [-0.05, 0) is 31.0 Å². The number of rotatable bonds is 0. The fourth-order valence-electron chi connectivity index (χ4n) is 4.01. The molecule has 33 heavy (non-hydrogen) atoms. The molecule has 0 fully saturated rings. The third-order valence-electron chi connectivity index (χ3n) is 5.66. The summed E-state index contributed by atoms with van der Waals surface area (Å²) >= 11 is 0. The summed E-state index contributed by atoms with van der Waals surface area (Å²) in [7, 11) is 0. The maximum atomic E-state index is 13.0. The normalized spacial score (nSPS) is 16.7. The summed E-state index contributed by atoms with van der Waals surface area (Å²) in [6.07, 6.45) is 0. The van der Waals surface area contributed by atoms with Gasteiger partial charge < -0.3 is 32.5 Å². The maximum Gasteiger partial charge on any atom is 0.348 e. The van der Waals surface area contributed by atoms with Crippen LogP contribution in [0.15, 0.2) is 37.9 Å². The highest BCUT2D eigenvalue weighted by atomic mass is 16.6. The molecule has 174 valence electrons. The summed E-state index contributed by atoms with van der Waals surface area (Å²) < 4.78 is 40.3. The van der Waals surface area contributed by atoms with Crippen LogP contribution in [0.2, 0.25) is 0 Å². The number of fused-ring (bicyclic) bond motifs is 6. The molecule has 2 aromatic carbocycles. The highest BCUT2D eigenvalue weighted by molar-refractivity contribution is 6.14. The predicted octanol–water partition coefficient (Wildman–Crippen LogP) is 4.13. The van der Waals surface area contributed by atoms with Crippen LogP contribution in [0.1, 0.15) is 11.1 Å². The monoisotopic (exact) mass is 454 g/mol. The van der Waals surface area contributed by atoms with E-state index in [-0.39, 0.29) is 0 Å². The van der Waals surface area contributed by atoms with Gasteiger partial charge in [-0.2, -0.15) is 0 Å². The van der Waals surface area contributed by atoms with Crippen LogP contribution in [-0.2, 0) is 14.2 Å². The fraction of sp³-hybridized carbons (Fsp3) is 0.400. The second-order valence-electron chi connectivity index (χ2n) is 7.93. The molecule has 0 aliphatic carbocycles. The van der Waals surface area contributed by atoms with E-state index < -0.39 is 5.63 Å². The van der Waals surface area contributed by atoms with E-state index in [2.05, 4.69) is 0 Å². The Bertz CT molecular complexity index is 1350. The Balaban J connectivity index is 1.61. The van der Waals surface area contributed by atoms with Crippen molar-refractivity contribution >= 4 is 32.9 Å². The molecule has 0 unspecified atom stereocenters. The average molecular weight is 454 g/mol. The van der Waals surface area contributed by atoms with Gasteiger partial charge in [0.1, 0.15) is 29.8 Å². The topological polar surface area (TPSA) is 89.5 Å². The van der Waals surface area contributed by atoms with Crippen LogP contribution in [0.4, 0.5) is 0 Å². The number of benzene rings is 2. The maximum absolute atomic E-state index is 13.0. The molecule has 2 aromatic heterocycles. The van der Waals surface area contributed by atoms with Gasteiger partial charge in [-0.25, -0.2) is 4.79 Å². The largest absolute Gasteiger partial charge is 0.487 e. The summed E-state index contributed by atoms with van der Waals surface area (Å²) in [5.41, 5.74) is 2.97. The van der Waals surface area contributed by atoms with Gasteiger partial charge in [0, 0.05) is 11.5 Å². The molecule has 0 saturated heterocycles. The van der Waals surface area contributed by atoms with Gasteiger partial charge in [0.25, 0.3) is 0 Å². The Morgan fingerprint density at radius 1 is 0.636 bits per heavy atom. The van der Waals surface area contributed by atoms with Gasteiger partial charge in [-0.15, -0.1) is 0 Å². The van der Waals surface area contributed by atoms with Crippen LogP contribution in [0.3, 0.4) is 0 Å². The Morgan fingerprint density at radius 2 is 1.21 bits per heavy atom. The van der Waals surface area contributed by atoms with Gasteiger partial charge in [-0.3, -0.25) is 0 Å². The van der Waals surface area contributed by atoms with Crippen LogP contribution in [0.5, 0.6) is 11.5 Å². The van der Waals surface area contributed by atoms with E-state index in [1.165, 1.54) is 0 Å². The molecule has 8 nitrogen and oxygen atoms in total. The minimum Gasteiger partial charge on any atom is -0.487 e. The average Bonchev–Trinajstić information content (AvgIpc) is 3.17. The zero-order valence-corrected chi connectivity index (χ0v) is 18.7. The molecule has 8 heteroatoms. The minimum absolute atomic E-state index is 0.323. The molecular formula is C25H26O8. The zero-order valence-electron chi connectivity index (χ0n) is 18.7. The SMILES string of the molecule is Cc1ccc(C)c2c1oc(=O)c1c3cc4c(cc3oc21)OCCOCCOCCOCCO4. The molecule has 3 heterocycles. The van der Waals surface area contributed by atoms with Crippen molar-refractivity contribution in [2.75, 3.05) is 52.9 Å². The number of hydrogen-bond donors (Lipinski definition) is 0. The van der Waals surface area contributed by atoms with Crippen molar-refractivity contribution in [1.29, 1.82) is 0 Å². The van der Waals surface area contributed by atoms with E-state index >= 15 is 0 Å². The molecule has 0 saturated carbocycles. The third-order valence-corrected chi connectivity index (χ3v) is 5.66. The Labute approximate surface area is 189 Å². The number of hydrogen-bond acceptors (Lipinski definition) is 8. The van der Waals surface area contributed by atoms with Crippen molar-refractivity contribution in [3.05, 3.63) is 45.8 Å². The van der Waals surface area contributed by atoms with Gasteiger partial charge in [-0.1, -0.05) is 12.1 Å². The first-order chi connectivity index (χ1) is 16.1. The summed E-state index contributed by atoms with van der Waals surface area (Å²) in [6.45, 7) is 7.31. The minimum atomic E-state index is -0.445. The fourth-order valence-corrected chi connectivity index (χ4v) is 4.01. The number of aryl methyl sites for hydroxylation is 2. The van der Waals surface area contributed by atoms with Gasteiger partial charge >= 0.3 is 5.63 Å². The zero-order chi connectivity index (χ0) is 22.8. The first kappa shape index (κ1) is 21.8. The molecule has 0 atom stereocenters. The first-order valence-electron chi connectivity index (χ1n) is 11.1. The molecule has 1 aliphatic heterocycles. The molecule has 0 bridgehead atoms.